The SMILES string of the molecule is Cn1cnc([N+](=O)[O-])c1NCC1(C)CCCCC1. The maximum absolute atomic E-state index is 10.9. The van der Waals surface area contributed by atoms with Gasteiger partial charge in [-0.1, -0.05) is 26.2 Å². The van der Waals surface area contributed by atoms with E-state index in [0.29, 0.717) is 5.82 Å². The molecule has 1 saturated carbocycles. The van der Waals surface area contributed by atoms with Gasteiger partial charge in [0.1, 0.15) is 0 Å². The first-order valence-electron chi connectivity index (χ1n) is 6.41. The van der Waals surface area contributed by atoms with E-state index < -0.39 is 4.92 Å². The van der Waals surface area contributed by atoms with E-state index >= 15 is 0 Å². The second-order valence-electron chi connectivity index (χ2n) is 5.51. The van der Waals surface area contributed by atoms with Crippen molar-refractivity contribution in [3.05, 3.63) is 16.4 Å². The average molecular weight is 252 g/mol. The summed E-state index contributed by atoms with van der Waals surface area (Å²) in [5.41, 5.74) is 0.246. The van der Waals surface area contributed by atoms with Crippen LogP contribution in [0.1, 0.15) is 39.0 Å². The number of aromatic nitrogens is 2. The second-order valence-corrected chi connectivity index (χ2v) is 5.51. The van der Waals surface area contributed by atoms with Crippen LogP contribution in [0.5, 0.6) is 0 Å². The van der Waals surface area contributed by atoms with Gasteiger partial charge >= 0.3 is 5.82 Å². The first-order chi connectivity index (χ1) is 8.52. The van der Waals surface area contributed by atoms with Gasteiger partial charge in [0.05, 0.1) is 0 Å². The molecule has 0 spiro atoms. The summed E-state index contributed by atoms with van der Waals surface area (Å²) in [5, 5.41) is 14.1. The molecule has 0 saturated heterocycles. The summed E-state index contributed by atoms with van der Waals surface area (Å²) in [6, 6.07) is 0. The van der Waals surface area contributed by atoms with Crippen molar-refractivity contribution in [2.75, 3.05) is 11.9 Å². The van der Waals surface area contributed by atoms with Gasteiger partial charge < -0.3 is 15.4 Å². The third-order valence-electron chi connectivity index (χ3n) is 3.83. The molecule has 1 aliphatic carbocycles. The highest BCUT2D eigenvalue weighted by atomic mass is 16.6. The van der Waals surface area contributed by atoms with E-state index in [2.05, 4.69) is 17.2 Å². The average Bonchev–Trinajstić information content (AvgIpc) is 2.69. The Labute approximate surface area is 107 Å². The Balaban J connectivity index is 2.05. The van der Waals surface area contributed by atoms with Crippen LogP contribution in [0.25, 0.3) is 0 Å². The summed E-state index contributed by atoms with van der Waals surface area (Å²) in [5.74, 6) is 0.420. The molecule has 100 valence electrons. The molecular weight excluding hydrogens is 232 g/mol. The lowest BCUT2D eigenvalue weighted by Gasteiger charge is -2.33. The van der Waals surface area contributed by atoms with Gasteiger partial charge in [0.2, 0.25) is 12.1 Å². The van der Waals surface area contributed by atoms with Crippen LogP contribution in [0.4, 0.5) is 11.6 Å². The van der Waals surface area contributed by atoms with Crippen molar-refractivity contribution in [3.8, 4) is 0 Å². The molecule has 1 N–H and O–H groups in total. The molecule has 0 amide bonds. The molecule has 0 aliphatic heterocycles. The summed E-state index contributed by atoms with van der Waals surface area (Å²) in [6.07, 6.45) is 7.67. The smallest absolute Gasteiger partial charge is 0.364 e. The quantitative estimate of drug-likeness (QED) is 0.660. The van der Waals surface area contributed by atoms with Crippen molar-refractivity contribution in [1.29, 1.82) is 0 Å². The fourth-order valence-electron chi connectivity index (χ4n) is 2.63. The number of imidazole rings is 1. The maximum Gasteiger partial charge on any atom is 0.406 e. The van der Waals surface area contributed by atoms with Gasteiger partial charge in [-0.15, -0.1) is 0 Å². The molecule has 18 heavy (non-hydrogen) atoms. The number of nitro groups is 1. The predicted octanol–water partition coefficient (Wildman–Crippen LogP) is 2.71. The van der Waals surface area contributed by atoms with E-state index in [9.17, 15) is 10.1 Å². The molecule has 1 fully saturated rings. The zero-order chi connectivity index (χ0) is 13.2. The number of rotatable bonds is 4. The molecule has 0 bridgehead atoms. The highest BCUT2D eigenvalue weighted by Crippen LogP contribution is 2.36. The minimum atomic E-state index is -0.439. The molecule has 6 nitrogen and oxygen atoms in total. The zero-order valence-electron chi connectivity index (χ0n) is 11.0. The van der Waals surface area contributed by atoms with Gasteiger partial charge in [-0.2, -0.15) is 0 Å². The number of anilines is 1. The zero-order valence-corrected chi connectivity index (χ0v) is 11.0. The van der Waals surface area contributed by atoms with Gasteiger partial charge in [-0.05, 0) is 28.2 Å². The number of hydrogen-bond donors (Lipinski definition) is 1. The molecule has 0 unspecified atom stereocenters. The summed E-state index contributed by atoms with van der Waals surface area (Å²) >= 11 is 0. The highest BCUT2D eigenvalue weighted by Gasteiger charge is 2.28. The fraction of sp³-hybridized carbons (Fsp3) is 0.750. The largest absolute Gasteiger partial charge is 0.406 e. The Kier molecular flexibility index (Phi) is 3.54. The van der Waals surface area contributed by atoms with E-state index in [1.165, 1.54) is 38.4 Å². The van der Waals surface area contributed by atoms with Crippen LogP contribution in [0.2, 0.25) is 0 Å². The van der Waals surface area contributed by atoms with Crippen LogP contribution >= 0.6 is 0 Å². The Morgan fingerprint density at radius 3 is 2.78 bits per heavy atom. The first kappa shape index (κ1) is 12.9. The molecule has 6 heteroatoms. The Hall–Kier alpha value is -1.59. The highest BCUT2D eigenvalue weighted by molar-refractivity contribution is 5.52. The van der Waals surface area contributed by atoms with Crippen LogP contribution in [0.3, 0.4) is 0 Å². The Morgan fingerprint density at radius 2 is 2.17 bits per heavy atom. The number of hydrogen-bond acceptors (Lipinski definition) is 4. The molecule has 1 heterocycles. The third-order valence-corrected chi connectivity index (χ3v) is 3.83. The van der Waals surface area contributed by atoms with Gasteiger partial charge in [-0.25, -0.2) is 0 Å². The van der Waals surface area contributed by atoms with Crippen molar-refractivity contribution in [2.45, 2.75) is 39.0 Å². The minimum absolute atomic E-state index is 0.0862. The number of aryl methyl sites for hydroxylation is 1. The molecule has 1 aromatic rings. The van der Waals surface area contributed by atoms with Crippen LogP contribution in [0, 0.1) is 15.5 Å². The van der Waals surface area contributed by atoms with E-state index in [-0.39, 0.29) is 11.2 Å². The molecule has 0 aromatic carbocycles. The predicted molar refractivity (Wildman–Crippen MR) is 69.5 cm³/mol. The van der Waals surface area contributed by atoms with E-state index in [4.69, 9.17) is 0 Å². The normalized spacial score (nSPS) is 18.6. The second kappa shape index (κ2) is 4.96. The summed E-state index contributed by atoms with van der Waals surface area (Å²) < 4.78 is 1.67. The van der Waals surface area contributed by atoms with Crippen LogP contribution < -0.4 is 5.32 Å². The molecular formula is C12H20N4O2. The minimum Gasteiger partial charge on any atom is -0.364 e. The van der Waals surface area contributed by atoms with E-state index in [1.807, 2.05) is 0 Å². The van der Waals surface area contributed by atoms with Crippen molar-refractivity contribution >= 4 is 11.6 Å². The van der Waals surface area contributed by atoms with Crippen molar-refractivity contribution in [1.82, 2.24) is 9.55 Å². The van der Waals surface area contributed by atoms with Crippen LogP contribution in [0.15, 0.2) is 6.33 Å². The molecule has 2 rings (SSSR count). The molecule has 1 aromatic heterocycles. The fourth-order valence-corrected chi connectivity index (χ4v) is 2.63. The molecule has 0 radical (unpaired) electrons. The topological polar surface area (TPSA) is 73.0 Å². The standard InChI is InChI=1S/C12H20N4O2/c1-12(6-4-3-5-7-12)8-13-10-11(16(17)18)14-9-15(10)2/h9,13H,3-8H2,1-2H3. The van der Waals surface area contributed by atoms with Crippen molar-refractivity contribution in [3.63, 3.8) is 0 Å². The lowest BCUT2D eigenvalue weighted by molar-refractivity contribution is -0.388. The van der Waals surface area contributed by atoms with Gasteiger partial charge in [-0.3, -0.25) is 4.57 Å². The van der Waals surface area contributed by atoms with Crippen LogP contribution in [-0.2, 0) is 7.05 Å². The summed E-state index contributed by atoms with van der Waals surface area (Å²) in [4.78, 5) is 14.2. The lowest BCUT2D eigenvalue weighted by atomic mass is 9.76. The van der Waals surface area contributed by atoms with Crippen molar-refractivity contribution < 1.29 is 4.92 Å². The third kappa shape index (κ3) is 2.63. The molecule has 1 aliphatic rings. The van der Waals surface area contributed by atoms with Gasteiger partial charge in [0, 0.05) is 13.6 Å². The first-order valence-corrected chi connectivity index (χ1v) is 6.41. The van der Waals surface area contributed by atoms with E-state index in [0.717, 1.165) is 6.54 Å². The van der Waals surface area contributed by atoms with Crippen molar-refractivity contribution in [2.24, 2.45) is 12.5 Å². The lowest BCUT2D eigenvalue weighted by Crippen LogP contribution is -2.29. The summed E-state index contributed by atoms with van der Waals surface area (Å²) in [6.45, 7) is 3.02. The Morgan fingerprint density at radius 1 is 1.50 bits per heavy atom. The van der Waals surface area contributed by atoms with E-state index in [1.54, 1.807) is 11.6 Å². The summed E-state index contributed by atoms with van der Waals surface area (Å²) in [7, 11) is 1.77. The van der Waals surface area contributed by atoms with Gasteiger partial charge in [0.25, 0.3) is 0 Å². The molecule has 0 atom stereocenters. The van der Waals surface area contributed by atoms with Crippen LogP contribution in [-0.4, -0.2) is 21.0 Å². The number of nitrogens with zero attached hydrogens (tertiary/aromatic N) is 3. The monoisotopic (exact) mass is 252 g/mol. The number of nitrogens with one attached hydrogen (secondary N) is 1. The Bertz CT molecular complexity index is 435. The van der Waals surface area contributed by atoms with Gasteiger partial charge in [0.15, 0.2) is 0 Å². The maximum atomic E-state index is 10.9.